The highest BCUT2D eigenvalue weighted by Crippen LogP contribution is 2.37. The van der Waals surface area contributed by atoms with Gasteiger partial charge in [-0.05, 0) is 59.8 Å². The molecule has 0 radical (unpaired) electrons. The maximum atomic E-state index is 12.3. The van der Waals surface area contributed by atoms with Crippen LogP contribution in [-0.2, 0) is 19.1 Å². The molecule has 1 amide bonds. The Morgan fingerprint density at radius 3 is 1.81 bits per heavy atom. The number of ether oxygens (including phenoxy) is 2. The van der Waals surface area contributed by atoms with Crippen LogP contribution in [0.3, 0.4) is 0 Å². The molecule has 2 rings (SSSR count). The van der Waals surface area contributed by atoms with Gasteiger partial charge in [0.05, 0.1) is 37.2 Å². The Morgan fingerprint density at radius 1 is 1.03 bits per heavy atom. The van der Waals surface area contributed by atoms with E-state index in [0.717, 1.165) is 0 Å². The maximum absolute atomic E-state index is 12.3. The molecule has 3 N–H and O–H groups in total. The number of benzene rings is 1. The summed E-state index contributed by atoms with van der Waals surface area (Å²) in [5.41, 5.74) is 5.26. The third kappa shape index (κ3) is 11.2. The number of carbonyl (C=O) groups is 2. The number of cyclic esters (lactones) is 1. The van der Waals surface area contributed by atoms with Crippen LogP contribution in [-0.4, -0.2) is 61.8 Å². The van der Waals surface area contributed by atoms with E-state index < -0.39 is 41.0 Å². The molecule has 9 nitrogen and oxygen atoms in total. The number of nitrogens with one attached hydrogen (secondary N) is 1. The monoisotopic (exact) mass is 518 g/mol. The fourth-order valence-electron chi connectivity index (χ4n) is 3.82. The van der Waals surface area contributed by atoms with Crippen LogP contribution in [0.1, 0.15) is 66.9 Å². The van der Waals surface area contributed by atoms with Gasteiger partial charge in [-0.1, -0.05) is 51.1 Å². The van der Waals surface area contributed by atoms with E-state index >= 15 is 0 Å². The molecule has 208 valence electrons. The largest absolute Gasteiger partial charge is 0.575 e. The maximum Gasteiger partial charge on any atom is 0.337 e. The van der Waals surface area contributed by atoms with E-state index in [4.69, 9.17) is 15.2 Å². The first-order valence-corrected chi connectivity index (χ1v) is 13.1. The topological polar surface area (TPSA) is 133 Å². The van der Waals surface area contributed by atoms with Crippen LogP contribution in [0.4, 0.5) is 0 Å². The molecule has 1 heterocycles. The molecule has 0 saturated carbocycles. The molecule has 0 aromatic heterocycles. The minimum Gasteiger partial charge on any atom is -0.575 e. The predicted molar refractivity (Wildman–Crippen MR) is 142 cm³/mol. The number of nitriles is 1. The van der Waals surface area contributed by atoms with Crippen LogP contribution in [0.2, 0.25) is 0 Å². The van der Waals surface area contributed by atoms with Gasteiger partial charge in [0.2, 0.25) is 5.91 Å². The highest BCUT2D eigenvalue weighted by atomic mass is 16.8. The molecule has 9 heteroatoms. The minimum absolute atomic E-state index is 0.416. The molecule has 1 aliphatic rings. The zero-order chi connectivity index (χ0) is 28.6. The van der Waals surface area contributed by atoms with Crippen LogP contribution in [0, 0.1) is 17.2 Å². The Hall–Kier alpha value is -3.09. The summed E-state index contributed by atoms with van der Waals surface area (Å²) < 4.78 is 10.1. The zero-order valence-corrected chi connectivity index (χ0v) is 23.8. The van der Waals surface area contributed by atoms with E-state index in [0.29, 0.717) is 5.56 Å². The van der Waals surface area contributed by atoms with Crippen molar-refractivity contribution in [2.45, 2.75) is 67.1 Å². The second-order valence-electron chi connectivity index (χ2n) is 8.92. The molecule has 1 aromatic carbocycles. The summed E-state index contributed by atoms with van der Waals surface area (Å²) in [4.78, 5) is 27.9. The Kier molecular flexibility index (Phi) is 15.9. The molecule has 1 aliphatic heterocycles. The second kappa shape index (κ2) is 17.4. The molecular weight excluding hydrogens is 472 g/mol. The van der Waals surface area contributed by atoms with Gasteiger partial charge in [-0.25, -0.2) is 4.79 Å². The number of amides is 1. The Morgan fingerprint density at radius 2 is 1.51 bits per heavy atom. The summed E-state index contributed by atoms with van der Waals surface area (Å²) in [6.45, 7) is 23.4. The molecule has 0 fully saturated rings. The number of hydrogen-bond acceptors (Lipinski definition) is 7. The lowest BCUT2D eigenvalue weighted by atomic mass is 9.80. The average molecular weight is 519 g/mol. The summed E-state index contributed by atoms with van der Waals surface area (Å²) in [5.74, 6) is -6.78. The molecule has 0 saturated heterocycles. The van der Waals surface area contributed by atoms with E-state index in [-0.39, 0.29) is 0 Å². The SMILES string of the molecule is CC1(C)OC(=O)C(C(c2ccccc2)C(C#N)C(N)=O)=C([O-])O1.CCN(CC)CC.CC[NH+](CC)CC. The number of hydrogen-bond donors (Lipinski definition) is 2. The zero-order valence-electron chi connectivity index (χ0n) is 23.8. The van der Waals surface area contributed by atoms with Crippen molar-refractivity contribution >= 4 is 11.9 Å². The number of quaternary nitrogens is 1. The first-order valence-electron chi connectivity index (χ1n) is 13.1. The average Bonchev–Trinajstić information content (AvgIpc) is 2.86. The number of rotatable bonds is 10. The number of nitrogens with zero attached hydrogens (tertiary/aromatic N) is 2. The highest BCUT2D eigenvalue weighted by molar-refractivity contribution is 5.93. The Labute approximate surface area is 222 Å². The first kappa shape index (κ1) is 33.9. The van der Waals surface area contributed by atoms with E-state index in [1.54, 1.807) is 41.3 Å². The van der Waals surface area contributed by atoms with Gasteiger partial charge in [0, 0.05) is 5.92 Å². The number of primary amides is 1. The van der Waals surface area contributed by atoms with Gasteiger partial charge in [0.1, 0.15) is 5.92 Å². The van der Waals surface area contributed by atoms with Crippen LogP contribution in [0.25, 0.3) is 0 Å². The third-order valence-corrected chi connectivity index (χ3v) is 6.21. The van der Waals surface area contributed by atoms with Crippen molar-refractivity contribution in [3.05, 3.63) is 47.4 Å². The van der Waals surface area contributed by atoms with Crippen LogP contribution in [0.15, 0.2) is 41.9 Å². The van der Waals surface area contributed by atoms with Crippen molar-refractivity contribution in [3.8, 4) is 6.07 Å². The van der Waals surface area contributed by atoms with Crippen molar-refractivity contribution in [1.82, 2.24) is 4.90 Å². The molecular formula is C28H46N4O5. The van der Waals surface area contributed by atoms with Gasteiger partial charge >= 0.3 is 5.97 Å². The van der Waals surface area contributed by atoms with Crippen molar-refractivity contribution < 1.29 is 29.1 Å². The highest BCUT2D eigenvalue weighted by Gasteiger charge is 2.40. The third-order valence-electron chi connectivity index (χ3n) is 6.21. The Bertz CT molecular complexity index is 865. The molecule has 37 heavy (non-hydrogen) atoms. The normalized spacial score (nSPS) is 15.8. The van der Waals surface area contributed by atoms with Gasteiger partial charge in [0.25, 0.3) is 0 Å². The first-order chi connectivity index (χ1) is 17.5. The van der Waals surface area contributed by atoms with Crippen LogP contribution >= 0.6 is 0 Å². The predicted octanol–water partition coefficient (Wildman–Crippen LogP) is 1.56. The standard InChI is InChI=1S/C16H16N2O5.2C6H15N/c1-16(2)22-14(20)12(15(21)23-16)11(10(8-17)13(18)19)9-6-4-3-5-7-9;2*1-4-7(5-2)6-3/h3-7,10-11,20H,1-2H3,(H2,18,19);2*4-6H2,1-3H3. The van der Waals surface area contributed by atoms with E-state index in [1.807, 2.05) is 0 Å². The van der Waals surface area contributed by atoms with Crippen LogP contribution in [0.5, 0.6) is 0 Å². The van der Waals surface area contributed by atoms with Crippen molar-refractivity contribution in [3.63, 3.8) is 0 Å². The summed E-state index contributed by atoms with van der Waals surface area (Å²) >= 11 is 0. The molecule has 2 atom stereocenters. The van der Waals surface area contributed by atoms with Crippen molar-refractivity contribution in [2.75, 3.05) is 39.3 Å². The number of carbonyl (C=O) groups excluding carboxylic acids is 2. The van der Waals surface area contributed by atoms with E-state index in [2.05, 4.69) is 46.4 Å². The van der Waals surface area contributed by atoms with Gasteiger partial charge in [-0.2, -0.15) is 5.26 Å². The summed E-state index contributed by atoms with van der Waals surface area (Å²) in [6.07, 6.45) is 0. The number of nitrogens with two attached hydrogens (primary N) is 1. The molecule has 0 spiro atoms. The lowest BCUT2D eigenvalue weighted by Crippen LogP contribution is -3.11. The lowest BCUT2D eigenvalue weighted by molar-refractivity contribution is -0.894. The summed E-state index contributed by atoms with van der Waals surface area (Å²) in [5, 5.41) is 21.5. The fraction of sp³-hybridized carbons (Fsp3) is 0.607. The van der Waals surface area contributed by atoms with Crippen molar-refractivity contribution in [2.24, 2.45) is 11.7 Å². The van der Waals surface area contributed by atoms with Gasteiger partial charge in [-0.3, -0.25) is 4.79 Å². The summed E-state index contributed by atoms with van der Waals surface area (Å²) in [7, 11) is 0. The second-order valence-corrected chi connectivity index (χ2v) is 8.92. The van der Waals surface area contributed by atoms with E-state index in [9.17, 15) is 20.0 Å². The Balaban J connectivity index is 0.000000761. The molecule has 0 aliphatic carbocycles. The fourth-order valence-corrected chi connectivity index (χ4v) is 3.82. The van der Waals surface area contributed by atoms with Crippen molar-refractivity contribution in [1.29, 1.82) is 5.26 Å². The van der Waals surface area contributed by atoms with Gasteiger partial charge in [-0.15, -0.1) is 0 Å². The minimum atomic E-state index is -1.41. The van der Waals surface area contributed by atoms with Crippen LogP contribution < -0.4 is 15.7 Å². The number of esters is 1. The van der Waals surface area contributed by atoms with Gasteiger partial charge < -0.3 is 30.1 Å². The van der Waals surface area contributed by atoms with Gasteiger partial charge in [0.15, 0.2) is 5.79 Å². The quantitative estimate of drug-likeness (QED) is 0.449. The molecule has 2 unspecified atom stereocenters. The smallest absolute Gasteiger partial charge is 0.337 e. The van der Waals surface area contributed by atoms with E-state index in [1.165, 1.54) is 53.1 Å². The molecule has 0 bridgehead atoms. The lowest BCUT2D eigenvalue weighted by Gasteiger charge is -2.41. The molecule has 1 aromatic rings. The summed E-state index contributed by atoms with van der Waals surface area (Å²) in [6, 6.07) is 9.95.